The van der Waals surface area contributed by atoms with Crippen LogP contribution in [0.15, 0.2) is 65.3 Å². The van der Waals surface area contributed by atoms with Crippen LogP contribution in [0, 0.1) is 0 Å². The Balaban J connectivity index is 1.59. The smallest absolute Gasteiger partial charge is 0.338 e. The number of fused-ring (bicyclic) bond motifs is 1. The minimum Gasteiger partial charge on any atom is -0.493 e. The Bertz CT molecular complexity index is 1220. The molecule has 1 aromatic heterocycles. The summed E-state index contributed by atoms with van der Waals surface area (Å²) in [6.07, 6.45) is 5.38. The highest BCUT2D eigenvalue weighted by molar-refractivity contribution is 5.92. The summed E-state index contributed by atoms with van der Waals surface area (Å²) in [6.45, 7) is 2.80. The lowest BCUT2D eigenvalue weighted by molar-refractivity contribution is -0.129. The van der Waals surface area contributed by atoms with E-state index in [0.717, 1.165) is 11.1 Å². The Morgan fingerprint density at radius 1 is 1.08 bits per heavy atom. The molecule has 0 aliphatic carbocycles. The number of ether oxygens (including phenoxy) is 4. The van der Waals surface area contributed by atoms with Crippen molar-refractivity contribution in [3.63, 3.8) is 0 Å². The first-order chi connectivity index (χ1) is 17.5. The summed E-state index contributed by atoms with van der Waals surface area (Å²) >= 11 is 0. The predicted molar refractivity (Wildman–Crippen MR) is 133 cm³/mol. The van der Waals surface area contributed by atoms with E-state index in [4.69, 9.17) is 23.4 Å². The van der Waals surface area contributed by atoms with Gasteiger partial charge in [0, 0.05) is 12.6 Å². The predicted octanol–water partition coefficient (Wildman–Crippen LogP) is 4.69. The molecule has 36 heavy (non-hydrogen) atoms. The van der Waals surface area contributed by atoms with Crippen molar-refractivity contribution in [1.82, 2.24) is 4.90 Å². The molecular weight excluding hydrogens is 462 g/mol. The molecule has 0 saturated heterocycles. The number of nitrogens with zero attached hydrogens (tertiary/aromatic N) is 1. The first-order valence-corrected chi connectivity index (χ1v) is 11.7. The number of hydrogen-bond donors (Lipinski definition) is 0. The SMILES string of the molecule is CCOC(=O)c1ccc(OCC2c3cc(OC)c(OC)cc3CCN2C(=O)C=Cc2ccco2)cc1. The Labute approximate surface area is 210 Å². The van der Waals surface area contributed by atoms with Gasteiger partial charge in [-0.05, 0) is 79.1 Å². The maximum absolute atomic E-state index is 13.2. The van der Waals surface area contributed by atoms with Gasteiger partial charge in [-0.2, -0.15) is 0 Å². The van der Waals surface area contributed by atoms with E-state index in [9.17, 15) is 9.59 Å². The molecule has 4 rings (SSSR count). The first-order valence-electron chi connectivity index (χ1n) is 11.7. The van der Waals surface area contributed by atoms with Crippen molar-refractivity contribution in [2.45, 2.75) is 19.4 Å². The number of hydrogen-bond acceptors (Lipinski definition) is 7. The van der Waals surface area contributed by atoms with Gasteiger partial charge in [-0.25, -0.2) is 4.79 Å². The summed E-state index contributed by atoms with van der Waals surface area (Å²) < 4.78 is 27.4. The van der Waals surface area contributed by atoms with Gasteiger partial charge >= 0.3 is 5.97 Å². The Kier molecular flexibility index (Phi) is 7.95. The number of rotatable bonds is 9. The lowest BCUT2D eigenvalue weighted by atomic mass is 9.92. The number of furan rings is 1. The standard InChI is InChI=1S/C28H29NO7/c1-4-34-28(31)19-7-9-22(10-8-19)36-18-24-23-17-26(33-3)25(32-2)16-20(23)13-14-29(24)27(30)12-11-21-6-5-15-35-21/h5-12,15-17,24H,4,13-14,18H2,1-3H3. The Morgan fingerprint density at radius 3 is 2.50 bits per heavy atom. The zero-order chi connectivity index (χ0) is 25.5. The highest BCUT2D eigenvalue weighted by Crippen LogP contribution is 2.38. The van der Waals surface area contributed by atoms with Crippen LogP contribution in [0.2, 0.25) is 0 Å². The number of esters is 1. The number of carbonyl (C=O) groups is 2. The molecular formula is C28H29NO7. The Hall–Kier alpha value is -4.20. The van der Waals surface area contributed by atoms with Crippen LogP contribution in [0.4, 0.5) is 0 Å². The molecule has 3 aromatic rings. The highest BCUT2D eigenvalue weighted by atomic mass is 16.5. The second kappa shape index (κ2) is 11.5. The molecule has 0 bridgehead atoms. The molecule has 0 N–H and O–H groups in total. The van der Waals surface area contributed by atoms with Gasteiger partial charge in [-0.3, -0.25) is 4.79 Å². The lowest BCUT2D eigenvalue weighted by Gasteiger charge is -2.37. The second-order valence-corrected chi connectivity index (χ2v) is 8.11. The molecule has 1 aliphatic rings. The van der Waals surface area contributed by atoms with Crippen LogP contribution >= 0.6 is 0 Å². The first kappa shape index (κ1) is 24.9. The van der Waals surface area contributed by atoms with Crippen LogP contribution in [0.25, 0.3) is 6.08 Å². The van der Waals surface area contributed by atoms with Gasteiger partial charge in [0.05, 0.1) is 38.7 Å². The van der Waals surface area contributed by atoms with Crippen molar-refractivity contribution in [3.8, 4) is 17.2 Å². The topological polar surface area (TPSA) is 87.4 Å². The molecule has 8 nitrogen and oxygen atoms in total. The van der Waals surface area contributed by atoms with Gasteiger partial charge in [0.25, 0.3) is 0 Å². The van der Waals surface area contributed by atoms with Crippen molar-refractivity contribution in [2.24, 2.45) is 0 Å². The average Bonchev–Trinajstić information content (AvgIpc) is 3.43. The van der Waals surface area contributed by atoms with Gasteiger partial charge in [0.15, 0.2) is 11.5 Å². The summed E-state index contributed by atoms with van der Waals surface area (Å²) in [6, 6.07) is 13.8. The monoisotopic (exact) mass is 491 g/mol. The molecule has 0 spiro atoms. The van der Waals surface area contributed by atoms with Gasteiger partial charge in [0.2, 0.25) is 5.91 Å². The fourth-order valence-corrected chi connectivity index (χ4v) is 4.18. The van der Waals surface area contributed by atoms with Gasteiger partial charge in [-0.15, -0.1) is 0 Å². The molecule has 0 radical (unpaired) electrons. The van der Waals surface area contributed by atoms with E-state index in [2.05, 4.69) is 0 Å². The third-order valence-electron chi connectivity index (χ3n) is 5.99. The summed E-state index contributed by atoms with van der Waals surface area (Å²) in [5.41, 5.74) is 2.45. The molecule has 0 fully saturated rings. The third-order valence-corrected chi connectivity index (χ3v) is 5.99. The molecule has 8 heteroatoms. The molecule has 2 aromatic carbocycles. The molecule has 1 aliphatic heterocycles. The highest BCUT2D eigenvalue weighted by Gasteiger charge is 2.32. The van der Waals surface area contributed by atoms with E-state index < -0.39 is 0 Å². The van der Waals surface area contributed by atoms with Gasteiger partial charge in [-0.1, -0.05) is 0 Å². The fraction of sp³-hybridized carbons (Fsp3) is 0.286. The summed E-state index contributed by atoms with van der Waals surface area (Å²) in [4.78, 5) is 26.9. The van der Waals surface area contributed by atoms with Crippen molar-refractivity contribution in [3.05, 3.63) is 83.3 Å². The van der Waals surface area contributed by atoms with Gasteiger partial charge in [0.1, 0.15) is 18.1 Å². The quantitative estimate of drug-likeness (QED) is 0.317. The molecule has 2 heterocycles. The maximum atomic E-state index is 13.2. The average molecular weight is 492 g/mol. The third kappa shape index (κ3) is 5.54. The number of carbonyl (C=O) groups excluding carboxylic acids is 2. The van der Waals surface area contributed by atoms with Crippen LogP contribution in [0.5, 0.6) is 17.2 Å². The summed E-state index contributed by atoms with van der Waals surface area (Å²) in [5.74, 6) is 1.86. The molecule has 1 atom stereocenters. The van der Waals surface area contributed by atoms with E-state index in [1.165, 1.54) is 6.08 Å². The summed E-state index contributed by atoms with van der Waals surface area (Å²) in [7, 11) is 3.18. The van der Waals surface area contributed by atoms with Crippen molar-refractivity contribution in [2.75, 3.05) is 34.0 Å². The summed E-state index contributed by atoms with van der Waals surface area (Å²) in [5, 5.41) is 0. The van der Waals surface area contributed by atoms with Crippen molar-refractivity contribution >= 4 is 18.0 Å². The van der Waals surface area contributed by atoms with Crippen LogP contribution in [-0.4, -0.2) is 50.8 Å². The van der Waals surface area contributed by atoms with E-state index in [-0.39, 0.29) is 24.5 Å². The van der Waals surface area contributed by atoms with E-state index >= 15 is 0 Å². The molecule has 0 saturated carbocycles. The van der Waals surface area contributed by atoms with Crippen LogP contribution < -0.4 is 14.2 Å². The van der Waals surface area contributed by atoms with Crippen LogP contribution in [0.3, 0.4) is 0 Å². The molecule has 1 amide bonds. The van der Waals surface area contributed by atoms with E-state index in [1.807, 2.05) is 12.1 Å². The zero-order valence-corrected chi connectivity index (χ0v) is 20.6. The molecule has 188 valence electrons. The second-order valence-electron chi connectivity index (χ2n) is 8.11. The number of benzene rings is 2. The lowest BCUT2D eigenvalue weighted by Crippen LogP contribution is -2.41. The van der Waals surface area contributed by atoms with Crippen molar-refractivity contribution < 1.29 is 33.0 Å². The minimum atomic E-state index is -0.383. The maximum Gasteiger partial charge on any atom is 0.338 e. The van der Waals surface area contributed by atoms with E-state index in [1.54, 1.807) is 74.8 Å². The minimum absolute atomic E-state index is 0.155. The molecule has 1 unspecified atom stereocenters. The Morgan fingerprint density at radius 2 is 1.83 bits per heavy atom. The van der Waals surface area contributed by atoms with Crippen molar-refractivity contribution in [1.29, 1.82) is 0 Å². The number of amides is 1. The van der Waals surface area contributed by atoms with Crippen LogP contribution in [-0.2, 0) is 16.0 Å². The zero-order valence-electron chi connectivity index (χ0n) is 20.6. The number of methoxy groups -OCH3 is 2. The van der Waals surface area contributed by atoms with Gasteiger partial charge < -0.3 is 28.3 Å². The fourth-order valence-electron chi connectivity index (χ4n) is 4.18. The normalized spacial score (nSPS) is 14.9. The largest absolute Gasteiger partial charge is 0.493 e. The van der Waals surface area contributed by atoms with E-state index in [0.29, 0.717) is 48.1 Å². The van der Waals surface area contributed by atoms with Crippen LogP contribution in [0.1, 0.15) is 40.2 Å².